The van der Waals surface area contributed by atoms with Gasteiger partial charge in [0, 0.05) is 31.7 Å². The maximum Gasteiger partial charge on any atom is 0.280 e. The van der Waals surface area contributed by atoms with Gasteiger partial charge < -0.3 is 24.0 Å². The first kappa shape index (κ1) is 21.6. The average Bonchev–Trinajstić information content (AvgIpc) is 3.26. The predicted molar refractivity (Wildman–Crippen MR) is 120 cm³/mol. The van der Waals surface area contributed by atoms with Gasteiger partial charge in [0.2, 0.25) is 11.7 Å². The number of amides is 1. The molecule has 1 saturated heterocycles. The minimum Gasteiger partial charge on any atom is -0.493 e. The lowest BCUT2D eigenvalue weighted by atomic mass is 10.1. The van der Waals surface area contributed by atoms with Crippen molar-refractivity contribution in [2.75, 3.05) is 54.6 Å². The number of ether oxygens (including phenoxy) is 3. The molecule has 0 saturated carbocycles. The minimum absolute atomic E-state index is 0.315. The fourth-order valence-electron chi connectivity index (χ4n) is 3.64. The number of likely N-dealkylation sites (N-methyl/N-ethyl adjacent to an activating group) is 1. The molecule has 32 heavy (non-hydrogen) atoms. The van der Waals surface area contributed by atoms with Gasteiger partial charge in [-0.05, 0) is 31.3 Å². The van der Waals surface area contributed by atoms with Crippen LogP contribution in [0.1, 0.15) is 10.4 Å². The van der Waals surface area contributed by atoms with Crippen molar-refractivity contribution in [1.29, 1.82) is 0 Å². The van der Waals surface area contributed by atoms with Crippen molar-refractivity contribution in [1.82, 2.24) is 24.8 Å². The minimum atomic E-state index is -0.447. The van der Waals surface area contributed by atoms with Gasteiger partial charge in [-0.1, -0.05) is 17.3 Å². The van der Waals surface area contributed by atoms with Crippen LogP contribution in [-0.2, 0) is 0 Å². The lowest BCUT2D eigenvalue weighted by Crippen LogP contribution is -2.49. The van der Waals surface area contributed by atoms with Crippen molar-refractivity contribution in [2.24, 2.45) is 4.99 Å². The van der Waals surface area contributed by atoms with Crippen molar-refractivity contribution in [3.05, 3.63) is 42.0 Å². The van der Waals surface area contributed by atoms with E-state index in [0.29, 0.717) is 41.9 Å². The largest absolute Gasteiger partial charge is 0.493 e. The summed E-state index contributed by atoms with van der Waals surface area (Å²) in [4.78, 5) is 22.1. The predicted octanol–water partition coefficient (Wildman–Crippen LogP) is 1.75. The maximum atomic E-state index is 13.3. The van der Waals surface area contributed by atoms with Crippen molar-refractivity contribution in [2.45, 2.75) is 0 Å². The first-order chi connectivity index (χ1) is 15.5. The van der Waals surface area contributed by atoms with Gasteiger partial charge in [0.05, 0.1) is 26.8 Å². The molecule has 0 bridgehead atoms. The molecule has 1 amide bonds. The molecule has 1 fully saturated rings. The van der Waals surface area contributed by atoms with Gasteiger partial charge in [-0.15, -0.1) is 5.10 Å². The highest BCUT2D eigenvalue weighted by molar-refractivity contribution is 6.05. The molecule has 1 aliphatic rings. The Hall–Kier alpha value is -3.66. The summed E-state index contributed by atoms with van der Waals surface area (Å²) >= 11 is 0. The fourth-order valence-corrected chi connectivity index (χ4v) is 3.64. The number of rotatable bonds is 4. The van der Waals surface area contributed by atoms with Crippen LogP contribution in [-0.4, -0.2) is 91.2 Å². The van der Waals surface area contributed by atoms with Crippen molar-refractivity contribution in [3.8, 4) is 17.2 Å². The van der Waals surface area contributed by atoms with E-state index in [1.165, 1.54) is 21.3 Å². The number of benzene rings is 2. The summed E-state index contributed by atoms with van der Waals surface area (Å²) in [7, 11) is 6.60. The SMILES string of the molecule is COc1cc(C(=O)N=C(N2CCN(C)CC2)n2nnc3ccccc32)cc(OC)c1OC. The van der Waals surface area contributed by atoms with Crippen LogP contribution in [0.4, 0.5) is 0 Å². The van der Waals surface area contributed by atoms with Gasteiger partial charge in [0.1, 0.15) is 5.52 Å². The number of aromatic nitrogens is 3. The standard InChI is InChI=1S/C22H26N6O4/c1-26-9-11-27(12-10-26)22(28-17-8-6-5-7-16(17)24-25-28)23-21(29)15-13-18(30-2)20(32-4)19(14-15)31-3/h5-8,13-14H,9-12H2,1-4H3. The zero-order valence-electron chi connectivity index (χ0n) is 18.6. The number of hydrogen-bond donors (Lipinski definition) is 0. The third-order valence-corrected chi connectivity index (χ3v) is 5.44. The van der Waals surface area contributed by atoms with E-state index in [1.54, 1.807) is 16.8 Å². The molecule has 10 nitrogen and oxygen atoms in total. The van der Waals surface area contributed by atoms with Crippen LogP contribution in [0.2, 0.25) is 0 Å². The molecular formula is C22H26N6O4. The first-order valence-electron chi connectivity index (χ1n) is 10.2. The Labute approximate surface area is 186 Å². The summed E-state index contributed by atoms with van der Waals surface area (Å²) in [6, 6.07) is 10.8. The van der Waals surface area contributed by atoms with Gasteiger partial charge in [-0.2, -0.15) is 9.67 Å². The number of fused-ring (bicyclic) bond motifs is 1. The molecule has 168 valence electrons. The number of methoxy groups -OCH3 is 3. The quantitative estimate of drug-likeness (QED) is 0.449. The summed E-state index contributed by atoms with van der Waals surface area (Å²) < 4.78 is 17.7. The number of piperazine rings is 1. The third kappa shape index (κ3) is 4.09. The van der Waals surface area contributed by atoms with E-state index in [0.717, 1.165) is 24.1 Å². The number of hydrogen-bond acceptors (Lipinski definition) is 7. The highest BCUT2D eigenvalue weighted by Gasteiger charge is 2.24. The summed E-state index contributed by atoms with van der Waals surface area (Å²) in [6.45, 7) is 3.13. The number of carbonyl (C=O) groups is 1. The number of nitrogens with zero attached hydrogens (tertiary/aromatic N) is 6. The zero-order chi connectivity index (χ0) is 22.7. The Kier molecular flexibility index (Phi) is 6.22. The van der Waals surface area contributed by atoms with Gasteiger partial charge in [0.25, 0.3) is 5.91 Å². The Morgan fingerprint density at radius 1 is 0.969 bits per heavy atom. The summed E-state index contributed by atoms with van der Waals surface area (Å²) in [5, 5.41) is 8.52. The zero-order valence-corrected chi connectivity index (χ0v) is 18.6. The molecule has 1 aromatic heterocycles. The fraction of sp³-hybridized carbons (Fsp3) is 0.364. The van der Waals surface area contributed by atoms with Crippen molar-refractivity contribution in [3.63, 3.8) is 0 Å². The molecule has 2 heterocycles. The Morgan fingerprint density at radius 3 is 2.25 bits per heavy atom. The molecule has 1 aliphatic heterocycles. The Morgan fingerprint density at radius 2 is 1.62 bits per heavy atom. The lowest BCUT2D eigenvalue weighted by molar-refractivity contribution is 0.0998. The third-order valence-electron chi connectivity index (χ3n) is 5.44. The maximum absolute atomic E-state index is 13.3. The molecule has 0 atom stereocenters. The molecule has 0 N–H and O–H groups in total. The number of aliphatic imine (C=N–C) groups is 1. The van der Waals surface area contributed by atoms with Crippen LogP contribution < -0.4 is 14.2 Å². The first-order valence-corrected chi connectivity index (χ1v) is 10.2. The summed E-state index contributed by atoms with van der Waals surface area (Å²) in [6.07, 6.45) is 0. The molecule has 0 aliphatic carbocycles. The highest BCUT2D eigenvalue weighted by Crippen LogP contribution is 2.38. The van der Waals surface area contributed by atoms with Crippen LogP contribution in [0.5, 0.6) is 17.2 Å². The van der Waals surface area contributed by atoms with E-state index in [2.05, 4.69) is 32.2 Å². The molecule has 4 rings (SSSR count). The van der Waals surface area contributed by atoms with Gasteiger partial charge in [0.15, 0.2) is 11.5 Å². The topological polar surface area (TPSA) is 94.3 Å². The molecule has 0 spiro atoms. The van der Waals surface area contributed by atoms with Crippen molar-refractivity contribution >= 4 is 22.9 Å². The average molecular weight is 438 g/mol. The smallest absolute Gasteiger partial charge is 0.280 e. The molecule has 3 aromatic rings. The normalized spacial score (nSPS) is 15.1. The van der Waals surface area contributed by atoms with E-state index in [4.69, 9.17) is 14.2 Å². The molecule has 0 unspecified atom stereocenters. The monoisotopic (exact) mass is 438 g/mol. The highest BCUT2D eigenvalue weighted by atomic mass is 16.5. The van der Waals surface area contributed by atoms with Crippen LogP contribution >= 0.6 is 0 Å². The van der Waals surface area contributed by atoms with Gasteiger partial charge in [-0.3, -0.25) is 4.79 Å². The van der Waals surface area contributed by atoms with Gasteiger partial charge in [-0.25, -0.2) is 0 Å². The second-order valence-corrected chi connectivity index (χ2v) is 7.41. The van der Waals surface area contributed by atoms with Crippen LogP contribution in [0.25, 0.3) is 11.0 Å². The van der Waals surface area contributed by atoms with E-state index in [9.17, 15) is 4.79 Å². The number of para-hydroxylation sites is 1. The Bertz CT molecular complexity index is 1130. The number of carbonyl (C=O) groups excluding carboxylic acids is 1. The van der Waals surface area contributed by atoms with Crippen molar-refractivity contribution < 1.29 is 19.0 Å². The second-order valence-electron chi connectivity index (χ2n) is 7.41. The lowest BCUT2D eigenvalue weighted by Gasteiger charge is -2.34. The summed E-state index contributed by atoms with van der Waals surface area (Å²) in [5.41, 5.74) is 1.83. The van der Waals surface area contributed by atoms with E-state index in [-0.39, 0.29) is 0 Å². The Balaban J connectivity index is 1.79. The summed E-state index contributed by atoms with van der Waals surface area (Å²) in [5.74, 6) is 1.18. The molecule has 2 aromatic carbocycles. The van der Waals surface area contributed by atoms with Crippen LogP contribution in [0, 0.1) is 0 Å². The van der Waals surface area contributed by atoms with E-state index >= 15 is 0 Å². The molecule has 0 radical (unpaired) electrons. The van der Waals surface area contributed by atoms with Crippen LogP contribution in [0.15, 0.2) is 41.4 Å². The van der Waals surface area contributed by atoms with Gasteiger partial charge >= 0.3 is 0 Å². The van der Waals surface area contributed by atoms with E-state index in [1.807, 2.05) is 24.3 Å². The molecular weight excluding hydrogens is 412 g/mol. The second kappa shape index (κ2) is 9.23. The van der Waals surface area contributed by atoms with E-state index < -0.39 is 5.91 Å². The molecule has 10 heteroatoms. The van der Waals surface area contributed by atoms with Crippen LogP contribution in [0.3, 0.4) is 0 Å².